The first-order chi connectivity index (χ1) is 4.20. The van der Waals surface area contributed by atoms with E-state index < -0.39 is 6.10 Å². The van der Waals surface area contributed by atoms with E-state index in [4.69, 9.17) is 6.42 Å². The molecule has 3 heteroatoms. The van der Waals surface area contributed by atoms with E-state index in [0.717, 1.165) is 0 Å². The van der Waals surface area contributed by atoms with Gasteiger partial charge in [0, 0.05) is 0 Å². The van der Waals surface area contributed by atoms with E-state index in [1.807, 2.05) is 0 Å². The van der Waals surface area contributed by atoms with Crippen molar-refractivity contribution in [3.05, 3.63) is 0 Å². The second-order valence-corrected chi connectivity index (χ2v) is 1.77. The molecule has 0 heterocycles. The van der Waals surface area contributed by atoms with E-state index in [2.05, 4.69) is 23.3 Å². The lowest BCUT2D eigenvalue weighted by Gasteiger charge is -2.03. The fourth-order valence-electron chi connectivity index (χ4n) is 0.268. The van der Waals surface area contributed by atoms with Crippen molar-refractivity contribution in [1.29, 1.82) is 0 Å². The molecule has 0 aliphatic carbocycles. The van der Waals surface area contributed by atoms with Crippen molar-refractivity contribution in [3.8, 4) is 12.3 Å². The summed E-state index contributed by atoms with van der Waals surface area (Å²) >= 11 is 3.69. The van der Waals surface area contributed by atoms with Crippen LogP contribution in [0.25, 0.3) is 0 Å². The van der Waals surface area contributed by atoms with Crippen molar-refractivity contribution < 1.29 is 9.53 Å². The van der Waals surface area contributed by atoms with E-state index in [9.17, 15) is 4.79 Å². The number of hydrogen-bond acceptors (Lipinski definition) is 3. The smallest absolute Gasteiger partial charge is 0.316 e. The molecule has 0 aromatic heterocycles. The van der Waals surface area contributed by atoms with Crippen LogP contribution >= 0.6 is 12.6 Å². The fourth-order valence-corrected chi connectivity index (χ4v) is 0.343. The van der Waals surface area contributed by atoms with Gasteiger partial charge in [-0.1, -0.05) is 5.92 Å². The fraction of sp³-hybridized carbons (Fsp3) is 0.500. The van der Waals surface area contributed by atoms with Gasteiger partial charge in [-0.25, -0.2) is 0 Å². The van der Waals surface area contributed by atoms with Gasteiger partial charge in [0.05, 0.1) is 5.75 Å². The third-order valence-corrected chi connectivity index (χ3v) is 0.930. The summed E-state index contributed by atoms with van der Waals surface area (Å²) in [7, 11) is 0. The van der Waals surface area contributed by atoms with E-state index >= 15 is 0 Å². The number of thiol groups is 1. The van der Waals surface area contributed by atoms with Crippen molar-refractivity contribution in [2.24, 2.45) is 0 Å². The lowest BCUT2D eigenvalue weighted by Crippen LogP contribution is -2.13. The van der Waals surface area contributed by atoms with Crippen LogP contribution in [0.1, 0.15) is 6.92 Å². The van der Waals surface area contributed by atoms with Crippen molar-refractivity contribution in [3.63, 3.8) is 0 Å². The molecule has 0 rings (SSSR count). The van der Waals surface area contributed by atoms with Crippen LogP contribution in [0.5, 0.6) is 0 Å². The Hall–Kier alpha value is -0.620. The van der Waals surface area contributed by atoms with Crippen LogP contribution in [0.15, 0.2) is 0 Å². The summed E-state index contributed by atoms with van der Waals surface area (Å²) in [4.78, 5) is 10.4. The van der Waals surface area contributed by atoms with Crippen molar-refractivity contribution >= 4 is 18.6 Å². The Bertz CT molecular complexity index is 136. The second kappa shape index (κ2) is 4.28. The number of ether oxygens (including phenoxy) is 1. The first kappa shape index (κ1) is 8.38. The number of carbonyl (C=O) groups is 1. The Balaban J connectivity index is 3.50. The highest BCUT2D eigenvalue weighted by atomic mass is 32.1. The molecule has 0 amide bonds. The minimum Gasteiger partial charge on any atom is -0.449 e. The quantitative estimate of drug-likeness (QED) is 0.346. The summed E-state index contributed by atoms with van der Waals surface area (Å²) in [6, 6.07) is 0. The predicted molar refractivity (Wildman–Crippen MR) is 38.2 cm³/mol. The van der Waals surface area contributed by atoms with Gasteiger partial charge in [0.25, 0.3) is 0 Å². The third kappa shape index (κ3) is 3.92. The maximum atomic E-state index is 10.4. The zero-order valence-corrected chi connectivity index (χ0v) is 6.02. The number of carbonyl (C=O) groups excluding carboxylic acids is 1. The summed E-state index contributed by atoms with van der Waals surface area (Å²) in [6.45, 7) is 1.63. The molecule has 0 saturated carbocycles. The van der Waals surface area contributed by atoms with E-state index in [-0.39, 0.29) is 11.7 Å². The van der Waals surface area contributed by atoms with E-state index in [0.29, 0.717) is 0 Å². The average molecular weight is 144 g/mol. The van der Waals surface area contributed by atoms with Gasteiger partial charge in [-0.2, -0.15) is 12.6 Å². The maximum absolute atomic E-state index is 10.4. The van der Waals surface area contributed by atoms with Crippen molar-refractivity contribution in [2.75, 3.05) is 5.75 Å². The Labute approximate surface area is 60.0 Å². The van der Waals surface area contributed by atoms with Gasteiger partial charge in [-0.15, -0.1) is 6.42 Å². The molecule has 1 atom stereocenters. The molecular weight excluding hydrogens is 136 g/mol. The number of esters is 1. The SMILES string of the molecule is C#CC(C)OC(=O)CS. The summed E-state index contributed by atoms with van der Waals surface area (Å²) in [5.41, 5.74) is 0. The van der Waals surface area contributed by atoms with Crippen molar-refractivity contribution in [1.82, 2.24) is 0 Å². The molecule has 0 N–H and O–H groups in total. The third-order valence-electron chi connectivity index (χ3n) is 0.672. The minimum atomic E-state index is -0.440. The molecule has 0 saturated heterocycles. The normalized spacial score (nSPS) is 11.7. The zero-order valence-electron chi connectivity index (χ0n) is 5.13. The first-order valence-electron chi connectivity index (χ1n) is 2.47. The second-order valence-electron chi connectivity index (χ2n) is 1.46. The van der Waals surface area contributed by atoms with E-state index in [1.54, 1.807) is 6.92 Å². The van der Waals surface area contributed by atoms with Crippen LogP contribution < -0.4 is 0 Å². The zero-order chi connectivity index (χ0) is 7.28. The molecular formula is C6H8O2S. The van der Waals surface area contributed by atoms with E-state index in [1.165, 1.54) is 0 Å². The van der Waals surface area contributed by atoms with Gasteiger partial charge in [0.1, 0.15) is 0 Å². The first-order valence-corrected chi connectivity index (χ1v) is 3.10. The van der Waals surface area contributed by atoms with Gasteiger partial charge in [0.2, 0.25) is 0 Å². The van der Waals surface area contributed by atoms with Crippen LogP contribution in [0.3, 0.4) is 0 Å². The molecule has 0 bridgehead atoms. The van der Waals surface area contributed by atoms with Crippen LogP contribution in [-0.2, 0) is 9.53 Å². The number of hydrogen-bond donors (Lipinski definition) is 1. The lowest BCUT2D eigenvalue weighted by atomic mass is 10.4. The molecule has 0 aromatic carbocycles. The molecule has 0 aliphatic heterocycles. The monoisotopic (exact) mass is 144 g/mol. The number of rotatable bonds is 2. The highest BCUT2D eigenvalue weighted by molar-refractivity contribution is 7.81. The molecule has 50 valence electrons. The molecule has 0 radical (unpaired) electrons. The van der Waals surface area contributed by atoms with Gasteiger partial charge in [0.15, 0.2) is 6.10 Å². The van der Waals surface area contributed by atoms with Gasteiger partial charge >= 0.3 is 5.97 Å². The van der Waals surface area contributed by atoms with Gasteiger partial charge in [-0.05, 0) is 6.92 Å². The predicted octanol–water partition coefficient (Wildman–Crippen LogP) is 0.481. The van der Waals surface area contributed by atoms with Crippen molar-refractivity contribution in [2.45, 2.75) is 13.0 Å². The summed E-state index contributed by atoms with van der Waals surface area (Å²) in [5.74, 6) is 1.94. The molecule has 0 aromatic rings. The Morgan fingerprint density at radius 2 is 2.56 bits per heavy atom. The van der Waals surface area contributed by atoms with Crippen LogP contribution in [0.4, 0.5) is 0 Å². The average Bonchev–Trinajstić information content (AvgIpc) is 1.87. The van der Waals surface area contributed by atoms with Crippen LogP contribution in [-0.4, -0.2) is 17.8 Å². The lowest BCUT2D eigenvalue weighted by molar-refractivity contribution is -0.142. The molecule has 0 aliphatic rings. The summed E-state index contributed by atoms with van der Waals surface area (Å²) in [5, 5.41) is 0. The Morgan fingerprint density at radius 1 is 2.00 bits per heavy atom. The largest absolute Gasteiger partial charge is 0.449 e. The summed E-state index contributed by atoms with van der Waals surface area (Å²) in [6.07, 6.45) is 4.48. The van der Waals surface area contributed by atoms with Crippen LogP contribution in [0.2, 0.25) is 0 Å². The molecule has 1 unspecified atom stereocenters. The molecule has 0 fully saturated rings. The van der Waals surface area contributed by atoms with Crippen LogP contribution in [0, 0.1) is 12.3 Å². The Morgan fingerprint density at radius 3 is 2.89 bits per heavy atom. The molecule has 2 nitrogen and oxygen atoms in total. The molecule has 9 heavy (non-hydrogen) atoms. The van der Waals surface area contributed by atoms with Gasteiger partial charge < -0.3 is 4.74 Å². The minimum absolute atomic E-state index is 0.0754. The standard InChI is InChI=1S/C6H8O2S/c1-3-5(2)8-6(7)4-9/h1,5,9H,4H2,2H3. The topological polar surface area (TPSA) is 26.3 Å². The highest BCUT2D eigenvalue weighted by Gasteiger charge is 2.02. The highest BCUT2D eigenvalue weighted by Crippen LogP contribution is 1.89. The molecule has 0 spiro atoms. The number of terminal acetylenes is 1. The van der Waals surface area contributed by atoms with Gasteiger partial charge in [-0.3, -0.25) is 4.79 Å². The summed E-state index contributed by atoms with van der Waals surface area (Å²) < 4.78 is 4.60. The maximum Gasteiger partial charge on any atom is 0.316 e. The Kier molecular flexibility index (Phi) is 3.98.